The molecule has 1 amide bonds. The monoisotopic (exact) mass is 555 g/mol. The van der Waals surface area contributed by atoms with Crippen LogP contribution in [0.5, 0.6) is 0 Å². The van der Waals surface area contributed by atoms with Crippen LogP contribution < -0.4 is 10.2 Å². The highest BCUT2D eigenvalue weighted by Crippen LogP contribution is 2.40. The molecule has 0 bridgehead atoms. The van der Waals surface area contributed by atoms with E-state index in [9.17, 15) is 18.7 Å². The van der Waals surface area contributed by atoms with Gasteiger partial charge < -0.3 is 24.5 Å². The number of halogens is 2. The average molecular weight is 556 g/mol. The lowest BCUT2D eigenvalue weighted by Gasteiger charge is -2.46. The number of carbonyl (C=O) groups excluding carboxylic acids is 1. The first-order valence-electron chi connectivity index (χ1n) is 12.5. The molecule has 5 heterocycles. The number of hydrogen-bond acceptors (Lipinski definition) is 9. The first-order valence-corrected chi connectivity index (χ1v) is 13.4. The molecule has 1 saturated carbocycles. The van der Waals surface area contributed by atoms with Crippen LogP contribution in [0.2, 0.25) is 0 Å². The number of thiazole rings is 1. The van der Waals surface area contributed by atoms with E-state index in [0.29, 0.717) is 24.0 Å². The number of amides is 1. The standard InChI is InChI=1S/C25H27F2N9O2S/c1-14(25(3,26)27)36-13-30-33-21(36)23-32-20(9-39-23)31-22(37)16-6-18(34-8-17(29-12-34)15-4-5-15)19(7-28-16)35-10-24(2,38)11-35/h6-9,12-15,38H,4-5,10-11H2,1-3H3,(H,31,37)/t14-/m0/s1. The van der Waals surface area contributed by atoms with Gasteiger partial charge in [-0.1, -0.05) is 0 Å². The number of anilines is 2. The first-order chi connectivity index (χ1) is 18.5. The lowest BCUT2D eigenvalue weighted by atomic mass is 9.96. The number of rotatable bonds is 8. The van der Waals surface area contributed by atoms with Crippen molar-refractivity contribution in [3.8, 4) is 16.5 Å². The Hall–Kier alpha value is -3.78. The summed E-state index contributed by atoms with van der Waals surface area (Å²) >= 11 is 1.16. The van der Waals surface area contributed by atoms with Crippen molar-refractivity contribution in [1.82, 2.24) is 34.3 Å². The molecule has 4 aromatic rings. The maximum absolute atomic E-state index is 13.9. The molecule has 39 heavy (non-hydrogen) atoms. The van der Waals surface area contributed by atoms with Gasteiger partial charge in [-0.05, 0) is 32.8 Å². The predicted molar refractivity (Wildman–Crippen MR) is 141 cm³/mol. The number of alkyl halides is 2. The topological polar surface area (TPSA) is 127 Å². The summed E-state index contributed by atoms with van der Waals surface area (Å²) in [6.45, 7) is 4.89. The Balaban J connectivity index is 1.25. The molecular formula is C25H27F2N9O2S. The normalized spacial score (nSPS) is 17.6. The second-order valence-corrected chi connectivity index (χ2v) is 11.4. The van der Waals surface area contributed by atoms with Crippen LogP contribution in [-0.4, -0.2) is 69.9 Å². The Kier molecular flexibility index (Phi) is 5.99. The van der Waals surface area contributed by atoms with Crippen molar-refractivity contribution in [3.05, 3.63) is 47.9 Å². The zero-order valence-electron chi connectivity index (χ0n) is 21.5. The molecule has 1 atom stereocenters. The molecule has 0 unspecified atom stereocenters. The van der Waals surface area contributed by atoms with E-state index in [1.807, 2.05) is 15.7 Å². The number of nitrogens with one attached hydrogen (secondary N) is 1. The minimum absolute atomic E-state index is 0.166. The second-order valence-electron chi connectivity index (χ2n) is 10.6. The Morgan fingerprint density at radius 3 is 2.72 bits per heavy atom. The van der Waals surface area contributed by atoms with Gasteiger partial charge in [0.15, 0.2) is 10.8 Å². The Labute approximate surface area is 226 Å². The number of nitrogens with zero attached hydrogens (tertiary/aromatic N) is 8. The van der Waals surface area contributed by atoms with Crippen LogP contribution in [0.25, 0.3) is 16.5 Å². The number of β-amino-alcohol motifs (C(OH)–C–C–N with tert-alkyl or cyclic N) is 1. The summed E-state index contributed by atoms with van der Waals surface area (Å²) < 4.78 is 31.0. The van der Waals surface area contributed by atoms with Gasteiger partial charge in [-0.15, -0.1) is 21.5 Å². The first kappa shape index (κ1) is 25.5. The zero-order chi connectivity index (χ0) is 27.5. The molecule has 11 nitrogen and oxygen atoms in total. The lowest BCUT2D eigenvalue weighted by Crippen LogP contribution is -2.60. The summed E-state index contributed by atoms with van der Waals surface area (Å²) in [6, 6.07) is 0.509. The number of aliphatic hydroxyl groups is 1. The molecule has 1 aliphatic carbocycles. The van der Waals surface area contributed by atoms with Crippen molar-refractivity contribution in [2.45, 2.75) is 57.1 Å². The van der Waals surface area contributed by atoms with Crippen LogP contribution in [0.15, 0.2) is 36.5 Å². The van der Waals surface area contributed by atoms with Crippen molar-refractivity contribution in [2.24, 2.45) is 0 Å². The number of carbonyl (C=O) groups is 1. The molecule has 0 aromatic carbocycles. The van der Waals surface area contributed by atoms with Gasteiger partial charge in [-0.3, -0.25) is 4.79 Å². The van der Waals surface area contributed by atoms with E-state index < -0.39 is 23.5 Å². The summed E-state index contributed by atoms with van der Waals surface area (Å²) in [5, 5.41) is 22.7. The van der Waals surface area contributed by atoms with Gasteiger partial charge in [0.25, 0.3) is 11.8 Å². The van der Waals surface area contributed by atoms with Crippen LogP contribution >= 0.6 is 11.3 Å². The van der Waals surface area contributed by atoms with Crippen LogP contribution in [0.4, 0.5) is 20.3 Å². The lowest BCUT2D eigenvalue weighted by molar-refractivity contribution is -0.0255. The smallest absolute Gasteiger partial charge is 0.275 e. The fourth-order valence-corrected chi connectivity index (χ4v) is 5.29. The van der Waals surface area contributed by atoms with E-state index in [1.54, 1.807) is 30.9 Å². The van der Waals surface area contributed by atoms with Crippen LogP contribution in [0.3, 0.4) is 0 Å². The van der Waals surface area contributed by atoms with Gasteiger partial charge in [-0.25, -0.2) is 23.7 Å². The van der Waals surface area contributed by atoms with E-state index >= 15 is 0 Å². The Morgan fingerprint density at radius 1 is 1.26 bits per heavy atom. The quantitative estimate of drug-likeness (QED) is 0.335. The summed E-state index contributed by atoms with van der Waals surface area (Å²) in [4.78, 5) is 28.5. The highest BCUT2D eigenvalue weighted by molar-refractivity contribution is 7.13. The number of hydrogen-bond donors (Lipinski definition) is 2. The Morgan fingerprint density at radius 2 is 2.03 bits per heavy atom. The summed E-state index contributed by atoms with van der Waals surface area (Å²) in [5.41, 5.74) is 1.91. The molecule has 2 aliphatic rings. The molecule has 14 heteroatoms. The van der Waals surface area contributed by atoms with E-state index in [4.69, 9.17) is 0 Å². The molecular weight excluding hydrogens is 528 g/mol. The summed E-state index contributed by atoms with van der Waals surface area (Å²) in [6.07, 6.45) is 8.81. The Bertz CT molecular complexity index is 1530. The van der Waals surface area contributed by atoms with Crippen molar-refractivity contribution in [3.63, 3.8) is 0 Å². The third kappa shape index (κ3) is 5.01. The van der Waals surface area contributed by atoms with Gasteiger partial charge in [0, 0.05) is 37.5 Å². The molecule has 2 fully saturated rings. The molecule has 0 spiro atoms. The maximum atomic E-state index is 13.9. The highest BCUT2D eigenvalue weighted by Gasteiger charge is 2.38. The third-order valence-corrected chi connectivity index (χ3v) is 7.87. The largest absolute Gasteiger partial charge is 0.386 e. The number of aromatic nitrogens is 7. The summed E-state index contributed by atoms with van der Waals surface area (Å²) in [7, 11) is 0. The molecule has 2 N–H and O–H groups in total. The molecule has 204 valence electrons. The van der Waals surface area contributed by atoms with Gasteiger partial charge in [0.2, 0.25) is 0 Å². The van der Waals surface area contributed by atoms with Crippen LogP contribution in [0, 0.1) is 0 Å². The van der Waals surface area contributed by atoms with Crippen molar-refractivity contribution in [2.75, 3.05) is 23.3 Å². The fourth-order valence-electron chi connectivity index (χ4n) is 4.56. The van der Waals surface area contributed by atoms with Gasteiger partial charge >= 0.3 is 0 Å². The third-order valence-electron chi connectivity index (χ3n) is 7.04. The molecule has 4 aromatic heterocycles. The van der Waals surface area contributed by atoms with Crippen LogP contribution in [0.1, 0.15) is 61.8 Å². The van der Waals surface area contributed by atoms with Crippen molar-refractivity contribution < 1.29 is 18.7 Å². The van der Waals surface area contributed by atoms with E-state index in [0.717, 1.165) is 48.2 Å². The van der Waals surface area contributed by atoms with E-state index in [1.165, 1.54) is 17.8 Å². The van der Waals surface area contributed by atoms with E-state index in [2.05, 4.69) is 30.5 Å². The minimum Gasteiger partial charge on any atom is -0.386 e. The number of imidazole rings is 1. The zero-order valence-corrected chi connectivity index (χ0v) is 22.4. The van der Waals surface area contributed by atoms with Crippen molar-refractivity contribution in [1.29, 1.82) is 0 Å². The van der Waals surface area contributed by atoms with Gasteiger partial charge in [0.1, 0.15) is 17.8 Å². The van der Waals surface area contributed by atoms with Gasteiger partial charge in [0.05, 0.1) is 41.2 Å². The molecule has 1 aliphatic heterocycles. The van der Waals surface area contributed by atoms with Crippen LogP contribution in [-0.2, 0) is 0 Å². The SMILES string of the molecule is C[C@H](n1cnnc1-c1nc(NC(=O)c2cc(-n3cnc(C4CC4)c3)c(N3CC(C)(O)C3)cn2)cs1)C(C)(F)F. The van der Waals surface area contributed by atoms with Crippen molar-refractivity contribution >= 4 is 28.7 Å². The predicted octanol–water partition coefficient (Wildman–Crippen LogP) is 3.90. The van der Waals surface area contributed by atoms with Gasteiger partial charge in [-0.2, -0.15) is 0 Å². The summed E-state index contributed by atoms with van der Waals surface area (Å²) in [5.74, 6) is -2.55. The second kappa shape index (κ2) is 9.16. The molecule has 6 rings (SSSR count). The fraction of sp³-hybridized carbons (Fsp3) is 0.440. The molecule has 0 radical (unpaired) electrons. The highest BCUT2D eigenvalue weighted by atomic mass is 32.1. The minimum atomic E-state index is -2.98. The maximum Gasteiger partial charge on any atom is 0.275 e. The molecule has 1 saturated heterocycles. The number of pyridine rings is 1. The average Bonchev–Trinajstić information content (AvgIpc) is 3.24. The van der Waals surface area contributed by atoms with E-state index in [-0.39, 0.29) is 17.3 Å².